The molecule has 0 spiro atoms. The Hall–Kier alpha value is -1.89. The first-order valence-electron chi connectivity index (χ1n) is 4.87. The molecule has 0 aliphatic rings. The molecule has 0 N–H and O–H groups in total. The molecule has 0 bridgehead atoms. The molecular weight excluding hydrogens is 269 g/mol. The zero-order valence-electron chi connectivity index (χ0n) is 9.26. The Morgan fingerprint density at radius 3 is 2.83 bits per heavy atom. The number of ether oxygens (including phenoxy) is 2. The third-order valence-corrected chi connectivity index (χ3v) is 2.06. The smallest absolute Gasteiger partial charge is 0.381 e. The molecule has 0 radical (unpaired) electrons. The average molecular weight is 278 g/mol. The summed E-state index contributed by atoms with van der Waals surface area (Å²) < 4.78 is 22.2. The largest absolute Gasteiger partial charge is 0.461 e. The van der Waals surface area contributed by atoms with Crippen molar-refractivity contribution in [2.75, 3.05) is 6.61 Å². The van der Waals surface area contributed by atoms with Gasteiger partial charge in [0.15, 0.2) is 0 Å². The molecule has 0 aliphatic carbocycles. The van der Waals surface area contributed by atoms with Crippen LogP contribution in [0.5, 0.6) is 5.75 Å². The Kier molecular flexibility index (Phi) is 4.85. The van der Waals surface area contributed by atoms with Crippen LogP contribution in [0.4, 0.5) is 10.1 Å². The molecule has 0 saturated heterocycles. The molecule has 0 fully saturated rings. The maximum atomic E-state index is 13.3. The number of nitro benzene ring substituents is 1. The Bertz CT molecular complexity index is 468. The number of carbonyl (C=O) groups is 1. The maximum absolute atomic E-state index is 13.3. The van der Waals surface area contributed by atoms with Crippen LogP contribution < -0.4 is 4.74 Å². The number of nitro groups is 1. The fraction of sp³-hybridized carbons (Fsp3) is 0.300. The Morgan fingerprint density at radius 1 is 1.61 bits per heavy atom. The van der Waals surface area contributed by atoms with Crippen LogP contribution in [-0.4, -0.2) is 23.9 Å². The number of nitrogens with zero attached hydrogens (tertiary/aromatic N) is 1. The van der Waals surface area contributed by atoms with E-state index in [1.54, 1.807) is 0 Å². The van der Waals surface area contributed by atoms with Crippen LogP contribution in [0, 0.1) is 10.1 Å². The molecule has 0 aliphatic heterocycles. The van der Waals surface area contributed by atoms with Crippen molar-refractivity contribution < 1.29 is 23.6 Å². The van der Waals surface area contributed by atoms with Crippen molar-refractivity contribution in [3.8, 4) is 5.75 Å². The van der Waals surface area contributed by atoms with E-state index in [-0.39, 0.29) is 11.6 Å². The molecule has 0 amide bonds. The lowest BCUT2D eigenvalue weighted by atomic mass is 10.3. The van der Waals surface area contributed by atoms with Crippen molar-refractivity contribution in [1.29, 1.82) is 0 Å². The number of benzene rings is 1. The van der Waals surface area contributed by atoms with Crippen LogP contribution >= 0.6 is 11.6 Å². The Balaban J connectivity index is 2.92. The van der Waals surface area contributed by atoms with Crippen LogP contribution in [0.3, 0.4) is 0 Å². The summed E-state index contributed by atoms with van der Waals surface area (Å²) >= 11 is 5.60. The van der Waals surface area contributed by atoms with Gasteiger partial charge < -0.3 is 9.47 Å². The lowest BCUT2D eigenvalue weighted by Gasteiger charge is -2.10. The molecule has 1 rings (SSSR count). The zero-order chi connectivity index (χ0) is 13.7. The summed E-state index contributed by atoms with van der Waals surface area (Å²) in [6, 6.07) is 3.35. The van der Waals surface area contributed by atoms with Gasteiger partial charge in [-0.15, -0.1) is 0 Å². The van der Waals surface area contributed by atoms with E-state index < -0.39 is 28.7 Å². The molecule has 0 saturated carbocycles. The van der Waals surface area contributed by atoms with Gasteiger partial charge in [0, 0.05) is 17.2 Å². The highest BCUT2D eigenvalue weighted by Gasteiger charge is 2.25. The highest BCUT2D eigenvalue weighted by Crippen LogP contribution is 2.30. The van der Waals surface area contributed by atoms with E-state index >= 15 is 0 Å². The van der Waals surface area contributed by atoms with Crippen molar-refractivity contribution in [3.63, 3.8) is 0 Å². The van der Waals surface area contributed by atoms with Gasteiger partial charge in [-0.3, -0.25) is 10.1 Å². The molecule has 8 heteroatoms. The maximum Gasteiger partial charge on any atom is 0.381 e. The van der Waals surface area contributed by atoms with Gasteiger partial charge in [0.05, 0.1) is 11.5 Å². The van der Waals surface area contributed by atoms with Crippen LogP contribution in [0.15, 0.2) is 18.2 Å². The quantitative estimate of drug-likeness (QED) is 0.469. The van der Waals surface area contributed by atoms with Gasteiger partial charge in [-0.05, 0) is 13.0 Å². The summed E-state index contributed by atoms with van der Waals surface area (Å²) in [6.07, 6.45) is -2.44. The molecule has 6 nitrogen and oxygen atoms in total. The second-order valence-electron chi connectivity index (χ2n) is 3.06. The lowest BCUT2D eigenvalue weighted by molar-refractivity contribution is -0.386. The number of hydrogen-bond acceptors (Lipinski definition) is 5. The molecule has 0 heterocycles. The van der Waals surface area contributed by atoms with E-state index in [9.17, 15) is 19.3 Å². The number of hydrogen-bond donors (Lipinski definition) is 0. The van der Waals surface area contributed by atoms with E-state index in [1.165, 1.54) is 13.0 Å². The van der Waals surface area contributed by atoms with E-state index in [4.69, 9.17) is 11.6 Å². The summed E-state index contributed by atoms with van der Waals surface area (Å²) in [5.41, 5.74) is -0.494. The number of alkyl halides is 1. The van der Waals surface area contributed by atoms with E-state index in [2.05, 4.69) is 9.47 Å². The van der Waals surface area contributed by atoms with Crippen LogP contribution in [0.1, 0.15) is 6.92 Å². The highest BCUT2D eigenvalue weighted by atomic mass is 35.5. The van der Waals surface area contributed by atoms with Crippen molar-refractivity contribution in [3.05, 3.63) is 33.3 Å². The second kappa shape index (κ2) is 6.15. The minimum Gasteiger partial charge on any atom is -0.461 e. The molecule has 18 heavy (non-hydrogen) atoms. The SMILES string of the molecule is CCOC(=O)C(F)Oc1cc(Cl)ccc1[N+](=O)[O-]. The average Bonchev–Trinajstić information content (AvgIpc) is 2.28. The summed E-state index contributed by atoms with van der Waals surface area (Å²) in [7, 11) is 0. The summed E-state index contributed by atoms with van der Waals surface area (Å²) in [4.78, 5) is 20.9. The Morgan fingerprint density at radius 2 is 2.28 bits per heavy atom. The van der Waals surface area contributed by atoms with Gasteiger partial charge in [-0.25, -0.2) is 4.79 Å². The lowest BCUT2D eigenvalue weighted by Crippen LogP contribution is -2.25. The first-order chi connectivity index (χ1) is 8.45. The first kappa shape index (κ1) is 14.2. The number of esters is 1. The van der Waals surface area contributed by atoms with Gasteiger partial charge in [0.25, 0.3) is 0 Å². The number of halogens is 2. The molecular formula is C10H9ClFNO5. The monoisotopic (exact) mass is 277 g/mol. The van der Waals surface area contributed by atoms with E-state index in [1.807, 2.05) is 0 Å². The molecule has 1 unspecified atom stereocenters. The molecule has 1 aromatic carbocycles. The third kappa shape index (κ3) is 3.56. The van der Waals surface area contributed by atoms with Gasteiger partial charge >= 0.3 is 18.0 Å². The van der Waals surface area contributed by atoms with Gasteiger partial charge in [0.1, 0.15) is 0 Å². The Labute approximate surface area is 106 Å². The fourth-order valence-electron chi connectivity index (χ4n) is 1.10. The van der Waals surface area contributed by atoms with Crippen molar-refractivity contribution in [2.45, 2.75) is 13.3 Å². The summed E-state index contributed by atoms with van der Waals surface area (Å²) in [5, 5.41) is 10.8. The van der Waals surface area contributed by atoms with E-state index in [0.29, 0.717) is 0 Å². The summed E-state index contributed by atoms with van der Waals surface area (Å²) in [6.45, 7) is 1.46. The standard InChI is InChI=1S/C10H9ClFNO5/c1-2-17-10(14)9(12)18-8-5-6(11)3-4-7(8)13(15)16/h3-5,9H,2H2,1H3. The van der Waals surface area contributed by atoms with Crippen molar-refractivity contribution in [1.82, 2.24) is 0 Å². The third-order valence-electron chi connectivity index (χ3n) is 1.82. The predicted octanol–water partition coefficient (Wildman–Crippen LogP) is 2.49. The van der Waals surface area contributed by atoms with Gasteiger partial charge in [-0.1, -0.05) is 11.6 Å². The topological polar surface area (TPSA) is 78.7 Å². The highest BCUT2D eigenvalue weighted by molar-refractivity contribution is 6.30. The number of carbonyl (C=O) groups excluding carboxylic acids is 1. The van der Waals surface area contributed by atoms with Gasteiger partial charge in [0.2, 0.25) is 5.75 Å². The van der Waals surface area contributed by atoms with Crippen molar-refractivity contribution >= 4 is 23.3 Å². The fourth-order valence-corrected chi connectivity index (χ4v) is 1.26. The first-order valence-corrected chi connectivity index (χ1v) is 5.24. The number of rotatable bonds is 5. The van der Waals surface area contributed by atoms with Crippen LogP contribution in [0.2, 0.25) is 5.02 Å². The normalized spacial score (nSPS) is 11.7. The van der Waals surface area contributed by atoms with Crippen LogP contribution in [0.25, 0.3) is 0 Å². The minimum atomic E-state index is -2.44. The summed E-state index contributed by atoms with van der Waals surface area (Å²) in [5.74, 6) is -1.69. The molecule has 98 valence electrons. The van der Waals surface area contributed by atoms with Crippen LogP contribution in [-0.2, 0) is 9.53 Å². The van der Waals surface area contributed by atoms with E-state index in [0.717, 1.165) is 12.1 Å². The molecule has 0 aromatic heterocycles. The minimum absolute atomic E-state index is 0.0275. The van der Waals surface area contributed by atoms with Gasteiger partial charge in [-0.2, -0.15) is 4.39 Å². The molecule has 1 atom stereocenters. The second-order valence-corrected chi connectivity index (χ2v) is 3.49. The molecule has 1 aromatic rings. The van der Waals surface area contributed by atoms with Crippen molar-refractivity contribution in [2.24, 2.45) is 0 Å². The zero-order valence-corrected chi connectivity index (χ0v) is 10.0. The predicted molar refractivity (Wildman–Crippen MR) is 60.3 cm³/mol.